The van der Waals surface area contributed by atoms with Crippen LogP contribution >= 0.6 is 11.8 Å². The zero-order valence-electron chi connectivity index (χ0n) is 11.3. The lowest BCUT2D eigenvalue weighted by Gasteiger charge is -2.15. The highest BCUT2D eigenvalue weighted by Crippen LogP contribution is 2.21. The van der Waals surface area contributed by atoms with Crippen molar-refractivity contribution in [3.05, 3.63) is 23.8 Å². The summed E-state index contributed by atoms with van der Waals surface area (Å²) in [7, 11) is 3.91. The maximum Gasteiger partial charge on any atom is 0.313 e. The van der Waals surface area contributed by atoms with Crippen molar-refractivity contribution in [3.8, 4) is 0 Å². The van der Waals surface area contributed by atoms with Crippen LogP contribution in [0.25, 0.3) is 0 Å². The number of amides is 1. The van der Waals surface area contributed by atoms with Gasteiger partial charge in [-0.2, -0.15) is 0 Å². The van der Waals surface area contributed by atoms with Gasteiger partial charge in [0.15, 0.2) is 0 Å². The number of nitrogens with one attached hydrogen (secondary N) is 1. The van der Waals surface area contributed by atoms with E-state index < -0.39 is 5.97 Å². The third-order valence-corrected chi connectivity index (χ3v) is 3.38. The van der Waals surface area contributed by atoms with Crippen molar-refractivity contribution in [1.29, 1.82) is 0 Å². The molecule has 0 unspecified atom stereocenters. The van der Waals surface area contributed by atoms with Crippen LogP contribution < -0.4 is 10.2 Å². The van der Waals surface area contributed by atoms with Crippen LogP contribution in [0.2, 0.25) is 0 Å². The molecule has 0 fully saturated rings. The van der Waals surface area contributed by atoms with Crippen molar-refractivity contribution in [2.75, 3.05) is 35.8 Å². The summed E-state index contributed by atoms with van der Waals surface area (Å²) in [5, 5.41) is 11.3. The van der Waals surface area contributed by atoms with Gasteiger partial charge >= 0.3 is 5.97 Å². The molecule has 0 heterocycles. The number of carboxylic acid groups (broad SMARTS) is 1. The Hall–Kier alpha value is -1.69. The molecule has 2 N–H and O–H groups in total. The Morgan fingerprint density at radius 1 is 1.32 bits per heavy atom. The summed E-state index contributed by atoms with van der Waals surface area (Å²) in [4.78, 5) is 24.0. The van der Waals surface area contributed by atoms with Crippen LogP contribution in [0.15, 0.2) is 18.2 Å². The molecule has 0 atom stereocenters. The molecule has 1 rings (SSSR count). The van der Waals surface area contributed by atoms with Gasteiger partial charge in [0.25, 0.3) is 0 Å². The van der Waals surface area contributed by atoms with Gasteiger partial charge in [-0.25, -0.2) is 0 Å². The zero-order valence-corrected chi connectivity index (χ0v) is 12.1. The number of carbonyl (C=O) groups is 2. The van der Waals surface area contributed by atoms with Crippen LogP contribution in [-0.2, 0) is 9.59 Å². The van der Waals surface area contributed by atoms with E-state index in [2.05, 4.69) is 5.32 Å². The van der Waals surface area contributed by atoms with E-state index in [4.69, 9.17) is 5.11 Å². The van der Waals surface area contributed by atoms with Crippen LogP contribution in [0.1, 0.15) is 5.56 Å². The predicted molar refractivity (Wildman–Crippen MR) is 79.1 cm³/mol. The number of benzene rings is 1. The molecule has 0 aliphatic heterocycles. The minimum absolute atomic E-state index is 0.0635. The summed E-state index contributed by atoms with van der Waals surface area (Å²) in [5.74, 6) is -1.02. The molecule has 0 saturated heterocycles. The van der Waals surface area contributed by atoms with Crippen LogP contribution in [0.4, 0.5) is 11.4 Å². The molecular weight excluding hydrogens is 264 g/mol. The summed E-state index contributed by atoms with van der Waals surface area (Å²) < 4.78 is 0. The Morgan fingerprint density at radius 2 is 2.00 bits per heavy atom. The van der Waals surface area contributed by atoms with Gasteiger partial charge in [-0.3, -0.25) is 9.59 Å². The maximum atomic E-state index is 11.6. The van der Waals surface area contributed by atoms with E-state index in [1.165, 1.54) is 0 Å². The Bertz CT molecular complexity index is 475. The topological polar surface area (TPSA) is 69.6 Å². The molecule has 1 aromatic carbocycles. The highest BCUT2D eigenvalue weighted by atomic mass is 32.2. The Labute approximate surface area is 117 Å². The molecule has 0 spiro atoms. The molecule has 0 saturated carbocycles. The van der Waals surface area contributed by atoms with E-state index in [0.29, 0.717) is 0 Å². The molecule has 19 heavy (non-hydrogen) atoms. The number of nitrogens with zero attached hydrogens (tertiary/aromatic N) is 1. The van der Waals surface area contributed by atoms with Crippen molar-refractivity contribution < 1.29 is 14.7 Å². The van der Waals surface area contributed by atoms with Gasteiger partial charge in [0.1, 0.15) is 0 Å². The number of carbonyl (C=O) groups excluding carboxylic acids is 1. The molecule has 1 aromatic rings. The molecule has 6 heteroatoms. The second-order valence-electron chi connectivity index (χ2n) is 4.33. The lowest BCUT2D eigenvalue weighted by molar-refractivity contribution is -0.133. The predicted octanol–water partition coefficient (Wildman–Crippen LogP) is 1.82. The third-order valence-electron chi connectivity index (χ3n) is 2.46. The standard InChI is InChI=1S/C13H18N2O3S/c1-9-6-10(15(2)3)4-5-11(9)14-12(16)7-19-8-13(17)18/h4-6H,7-8H2,1-3H3,(H,14,16)(H,17,18). The second kappa shape index (κ2) is 7.04. The number of thioether (sulfide) groups is 1. The Morgan fingerprint density at radius 3 is 2.53 bits per heavy atom. The molecule has 0 radical (unpaired) electrons. The van der Waals surface area contributed by atoms with Crippen LogP contribution in [0, 0.1) is 6.92 Å². The number of aryl methyl sites for hydroxylation is 1. The monoisotopic (exact) mass is 282 g/mol. The smallest absolute Gasteiger partial charge is 0.313 e. The Kier molecular flexibility index (Phi) is 5.69. The summed E-state index contributed by atoms with van der Waals surface area (Å²) >= 11 is 1.08. The molecule has 0 aromatic heterocycles. The molecule has 5 nitrogen and oxygen atoms in total. The van der Waals surface area contributed by atoms with E-state index >= 15 is 0 Å². The number of hydrogen-bond donors (Lipinski definition) is 2. The van der Waals surface area contributed by atoms with Crippen molar-refractivity contribution in [1.82, 2.24) is 0 Å². The number of aliphatic carboxylic acids is 1. The number of hydrogen-bond acceptors (Lipinski definition) is 4. The van der Waals surface area contributed by atoms with Crippen molar-refractivity contribution in [3.63, 3.8) is 0 Å². The Balaban J connectivity index is 2.57. The van der Waals surface area contributed by atoms with E-state index in [0.717, 1.165) is 28.7 Å². The van der Waals surface area contributed by atoms with Crippen molar-refractivity contribution in [2.24, 2.45) is 0 Å². The second-order valence-corrected chi connectivity index (χ2v) is 5.31. The fourth-order valence-corrected chi connectivity index (χ4v) is 2.02. The highest BCUT2D eigenvalue weighted by Gasteiger charge is 2.07. The van der Waals surface area contributed by atoms with Gasteiger partial charge in [-0.05, 0) is 30.7 Å². The quantitative estimate of drug-likeness (QED) is 0.833. The van der Waals surface area contributed by atoms with E-state index in [1.54, 1.807) is 0 Å². The first-order valence-corrected chi connectivity index (χ1v) is 6.93. The highest BCUT2D eigenvalue weighted by molar-refractivity contribution is 8.00. The molecule has 0 bridgehead atoms. The fraction of sp³-hybridized carbons (Fsp3) is 0.385. The van der Waals surface area contributed by atoms with Gasteiger partial charge in [-0.15, -0.1) is 11.8 Å². The first kappa shape index (κ1) is 15.4. The first-order chi connectivity index (χ1) is 8.90. The summed E-state index contributed by atoms with van der Waals surface area (Å²) in [6, 6.07) is 5.76. The number of anilines is 2. The molecular formula is C13H18N2O3S. The van der Waals surface area contributed by atoms with Crippen molar-refractivity contribution in [2.45, 2.75) is 6.92 Å². The molecule has 0 aliphatic rings. The van der Waals surface area contributed by atoms with Crippen LogP contribution in [0.5, 0.6) is 0 Å². The maximum absolute atomic E-state index is 11.6. The van der Waals surface area contributed by atoms with Gasteiger partial charge in [0, 0.05) is 25.5 Å². The minimum atomic E-state index is -0.913. The van der Waals surface area contributed by atoms with Gasteiger partial charge in [-0.1, -0.05) is 0 Å². The van der Waals surface area contributed by atoms with Crippen LogP contribution in [-0.4, -0.2) is 42.6 Å². The average molecular weight is 282 g/mol. The van der Waals surface area contributed by atoms with E-state index in [-0.39, 0.29) is 17.4 Å². The van der Waals surface area contributed by atoms with E-state index in [9.17, 15) is 9.59 Å². The van der Waals surface area contributed by atoms with Crippen LogP contribution in [0.3, 0.4) is 0 Å². The lowest BCUT2D eigenvalue weighted by Crippen LogP contribution is -2.16. The molecule has 0 aliphatic carbocycles. The minimum Gasteiger partial charge on any atom is -0.481 e. The van der Waals surface area contributed by atoms with E-state index in [1.807, 2.05) is 44.1 Å². The summed E-state index contributed by atoms with van der Waals surface area (Å²) in [6.07, 6.45) is 0. The lowest BCUT2D eigenvalue weighted by atomic mass is 10.1. The molecule has 1 amide bonds. The summed E-state index contributed by atoms with van der Waals surface area (Å²) in [6.45, 7) is 1.92. The average Bonchev–Trinajstić information content (AvgIpc) is 2.31. The fourth-order valence-electron chi connectivity index (χ4n) is 1.48. The van der Waals surface area contributed by atoms with Crippen molar-refractivity contribution >= 4 is 35.0 Å². The zero-order chi connectivity index (χ0) is 14.4. The third kappa shape index (κ3) is 5.21. The molecule has 104 valence electrons. The van der Waals surface area contributed by atoms with Gasteiger partial charge in [0.05, 0.1) is 11.5 Å². The first-order valence-electron chi connectivity index (χ1n) is 5.77. The number of rotatable bonds is 6. The van der Waals surface area contributed by atoms with Gasteiger partial charge < -0.3 is 15.3 Å². The number of carboxylic acids is 1. The SMILES string of the molecule is Cc1cc(N(C)C)ccc1NC(=O)CSCC(=O)O. The summed E-state index contributed by atoms with van der Waals surface area (Å²) in [5.41, 5.74) is 2.80. The van der Waals surface area contributed by atoms with Gasteiger partial charge in [0.2, 0.25) is 5.91 Å². The largest absolute Gasteiger partial charge is 0.481 e. The normalized spacial score (nSPS) is 10.1.